The summed E-state index contributed by atoms with van der Waals surface area (Å²) in [5, 5.41) is 3.10. The van der Waals surface area contributed by atoms with Gasteiger partial charge in [-0.15, -0.1) is 0 Å². The number of hydrogen-bond acceptors (Lipinski definition) is 5. The van der Waals surface area contributed by atoms with Crippen molar-refractivity contribution in [3.05, 3.63) is 35.4 Å². The van der Waals surface area contributed by atoms with Gasteiger partial charge in [-0.3, -0.25) is 30.1 Å². The van der Waals surface area contributed by atoms with Crippen molar-refractivity contribution in [1.82, 2.24) is 21.1 Å². The molecule has 1 aromatic rings. The Bertz CT molecular complexity index is 644. The SMILES string of the molecule is COC[C@@H](C)NC(=S)NNC(=O)CN1C(=O)c2ccccc2C1=O. The van der Waals surface area contributed by atoms with Crippen LogP contribution >= 0.6 is 12.2 Å². The Morgan fingerprint density at radius 3 is 2.33 bits per heavy atom. The average Bonchev–Trinajstić information content (AvgIpc) is 2.79. The summed E-state index contributed by atoms with van der Waals surface area (Å²) in [6.45, 7) is 1.92. The Balaban J connectivity index is 1.85. The molecule has 0 radical (unpaired) electrons. The van der Waals surface area contributed by atoms with E-state index in [0.29, 0.717) is 17.7 Å². The lowest BCUT2D eigenvalue weighted by atomic mass is 10.1. The van der Waals surface area contributed by atoms with Crippen LogP contribution in [0, 0.1) is 0 Å². The van der Waals surface area contributed by atoms with Crippen LogP contribution in [0.15, 0.2) is 24.3 Å². The standard InChI is InChI=1S/C15H18N4O4S/c1-9(8-23-2)16-15(24)18-17-12(20)7-19-13(21)10-5-3-4-6-11(10)14(19)22/h3-6,9H,7-8H2,1-2H3,(H,17,20)(H2,16,18,24)/t9-/m1/s1. The van der Waals surface area contributed by atoms with Crippen molar-refractivity contribution >= 4 is 35.1 Å². The highest BCUT2D eigenvalue weighted by molar-refractivity contribution is 7.80. The van der Waals surface area contributed by atoms with Crippen molar-refractivity contribution in [2.75, 3.05) is 20.3 Å². The molecule has 9 heteroatoms. The Morgan fingerprint density at radius 2 is 1.79 bits per heavy atom. The normalized spacial score (nSPS) is 14.2. The van der Waals surface area contributed by atoms with Crippen molar-refractivity contribution in [2.24, 2.45) is 0 Å². The van der Waals surface area contributed by atoms with E-state index in [0.717, 1.165) is 4.90 Å². The highest BCUT2D eigenvalue weighted by atomic mass is 32.1. The molecule has 24 heavy (non-hydrogen) atoms. The van der Waals surface area contributed by atoms with E-state index >= 15 is 0 Å². The number of carbonyl (C=O) groups is 3. The Labute approximate surface area is 144 Å². The van der Waals surface area contributed by atoms with Crippen LogP contribution in [0.4, 0.5) is 0 Å². The first kappa shape index (κ1) is 17.8. The van der Waals surface area contributed by atoms with Crippen LogP contribution in [-0.2, 0) is 9.53 Å². The number of rotatable bonds is 5. The van der Waals surface area contributed by atoms with Crippen molar-refractivity contribution in [3.8, 4) is 0 Å². The maximum atomic E-state index is 12.2. The number of thiocarbonyl (C=S) groups is 1. The van der Waals surface area contributed by atoms with Gasteiger partial charge in [0.25, 0.3) is 17.7 Å². The zero-order valence-electron chi connectivity index (χ0n) is 13.3. The molecule has 0 saturated carbocycles. The third kappa shape index (κ3) is 4.06. The first-order valence-electron chi connectivity index (χ1n) is 7.23. The number of methoxy groups -OCH3 is 1. The predicted octanol–water partition coefficient (Wildman–Crippen LogP) is -0.187. The smallest absolute Gasteiger partial charge is 0.262 e. The van der Waals surface area contributed by atoms with E-state index in [-0.39, 0.29) is 11.2 Å². The van der Waals surface area contributed by atoms with Crippen LogP contribution in [-0.4, -0.2) is 54.0 Å². The molecule has 3 N–H and O–H groups in total. The first-order chi connectivity index (χ1) is 11.4. The lowest BCUT2D eigenvalue weighted by molar-refractivity contribution is -0.122. The third-order valence-electron chi connectivity index (χ3n) is 3.29. The second-order valence-corrected chi connectivity index (χ2v) is 5.65. The van der Waals surface area contributed by atoms with E-state index in [1.54, 1.807) is 31.4 Å². The molecule has 3 amide bonds. The van der Waals surface area contributed by atoms with Gasteiger partial charge in [0.1, 0.15) is 6.54 Å². The van der Waals surface area contributed by atoms with Crippen molar-refractivity contribution < 1.29 is 19.1 Å². The molecule has 0 unspecified atom stereocenters. The molecular weight excluding hydrogens is 332 g/mol. The minimum absolute atomic E-state index is 0.0388. The molecule has 1 atom stereocenters. The van der Waals surface area contributed by atoms with Crippen LogP contribution in [0.5, 0.6) is 0 Å². The monoisotopic (exact) mass is 350 g/mol. The molecule has 1 aromatic carbocycles. The Kier molecular flexibility index (Phi) is 5.83. The third-order valence-corrected chi connectivity index (χ3v) is 3.51. The number of hydrazine groups is 1. The lowest BCUT2D eigenvalue weighted by Crippen LogP contribution is -2.52. The molecule has 2 rings (SSSR count). The minimum atomic E-state index is -0.562. The summed E-state index contributed by atoms with van der Waals surface area (Å²) in [6, 6.07) is 6.41. The quantitative estimate of drug-likeness (QED) is 0.385. The first-order valence-corrected chi connectivity index (χ1v) is 7.64. The van der Waals surface area contributed by atoms with Gasteiger partial charge >= 0.3 is 0 Å². The van der Waals surface area contributed by atoms with Crippen molar-refractivity contribution in [2.45, 2.75) is 13.0 Å². The molecule has 128 valence electrons. The molecule has 1 aliphatic rings. The van der Waals surface area contributed by atoms with Gasteiger partial charge in [-0.2, -0.15) is 0 Å². The fourth-order valence-corrected chi connectivity index (χ4v) is 2.50. The number of carbonyl (C=O) groups excluding carboxylic acids is 3. The van der Waals surface area contributed by atoms with E-state index in [9.17, 15) is 14.4 Å². The number of hydrogen-bond donors (Lipinski definition) is 3. The maximum Gasteiger partial charge on any atom is 0.262 e. The van der Waals surface area contributed by atoms with Crippen LogP contribution in [0.3, 0.4) is 0 Å². The van der Waals surface area contributed by atoms with E-state index in [1.165, 1.54) is 0 Å². The second-order valence-electron chi connectivity index (χ2n) is 5.25. The lowest BCUT2D eigenvalue weighted by Gasteiger charge is -2.18. The summed E-state index contributed by atoms with van der Waals surface area (Å²) in [5.74, 6) is -1.53. The molecular formula is C15H18N4O4S. The molecule has 1 heterocycles. The van der Waals surface area contributed by atoms with Gasteiger partial charge in [0.05, 0.1) is 17.7 Å². The highest BCUT2D eigenvalue weighted by Gasteiger charge is 2.36. The number of ether oxygens (including phenoxy) is 1. The van der Waals surface area contributed by atoms with Gasteiger partial charge in [0.15, 0.2) is 5.11 Å². The largest absolute Gasteiger partial charge is 0.383 e. The summed E-state index contributed by atoms with van der Waals surface area (Å²) < 4.78 is 4.95. The fraction of sp³-hybridized carbons (Fsp3) is 0.333. The molecule has 0 aliphatic carbocycles. The van der Waals surface area contributed by atoms with Crippen LogP contribution in [0.1, 0.15) is 27.6 Å². The summed E-state index contributed by atoms with van der Waals surface area (Å²) in [7, 11) is 1.57. The molecule has 0 fully saturated rings. The van der Waals surface area contributed by atoms with Gasteiger partial charge in [0.2, 0.25) is 0 Å². The van der Waals surface area contributed by atoms with E-state index < -0.39 is 24.3 Å². The summed E-state index contributed by atoms with van der Waals surface area (Å²) in [6.07, 6.45) is 0. The molecule has 1 aliphatic heterocycles. The zero-order valence-corrected chi connectivity index (χ0v) is 14.1. The second kappa shape index (κ2) is 7.84. The van der Waals surface area contributed by atoms with Gasteiger partial charge in [-0.05, 0) is 31.3 Å². The van der Waals surface area contributed by atoms with Crippen molar-refractivity contribution in [1.29, 1.82) is 0 Å². The number of nitrogens with zero attached hydrogens (tertiary/aromatic N) is 1. The van der Waals surface area contributed by atoms with Gasteiger partial charge in [-0.1, -0.05) is 12.1 Å². The molecule has 0 saturated heterocycles. The summed E-state index contributed by atoms with van der Waals surface area (Å²) in [4.78, 5) is 37.1. The van der Waals surface area contributed by atoms with E-state index in [4.69, 9.17) is 17.0 Å². The number of nitrogens with one attached hydrogen (secondary N) is 3. The topological polar surface area (TPSA) is 99.8 Å². The minimum Gasteiger partial charge on any atom is -0.383 e. The predicted molar refractivity (Wildman–Crippen MR) is 90.2 cm³/mol. The van der Waals surface area contributed by atoms with Gasteiger partial charge in [0, 0.05) is 13.2 Å². The van der Waals surface area contributed by atoms with Gasteiger partial charge < -0.3 is 10.1 Å². The summed E-state index contributed by atoms with van der Waals surface area (Å²) >= 11 is 5.01. The molecule has 0 aromatic heterocycles. The van der Waals surface area contributed by atoms with E-state index in [1.807, 2.05) is 6.92 Å². The van der Waals surface area contributed by atoms with Gasteiger partial charge in [-0.25, -0.2) is 0 Å². The highest BCUT2D eigenvalue weighted by Crippen LogP contribution is 2.21. The average molecular weight is 350 g/mol. The maximum absolute atomic E-state index is 12.2. The Morgan fingerprint density at radius 1 is 1.21 bits per heavy atom. The number of imide groups is 1. The summed E-state index contributed by atoms with van der Waals surface area (Å²) in [5.41, 5.74) is 5.46. The number of fused-ring (bicyclic) bond motifs is 1. The van der Waals surface area contributed by atoms with Crippen LogP contribution < -0.4 is 16.2 Å². The number of amides is 3. The van der Waals surface area contributed by atoms with Crippen LogP contribution in [0.2, 0.25) is 0 Å². The molecule has 0 spiro atoms. The molecule has 8 nitrogen and oxygen atoms in total. The Hall–Kier alpha value is -2.52. The molecule has 0 bridgehead atoms. The van der Waals surface area contributed by atoms with E-state index in [2.05, 4.69) is 16.2 Å². The number of benzene rings is 1. The fourth-order valence-electron chi connectivity index (χ4n) is 2.24. The van der Waals surface area contributed by atoms with Crippen molar-refractivity contribution in [3.63, 3.8) is 0 Å². The van der Waals surface area contributed by atoms with Crippen LogP contribution in [0.25, 0.3) is 0 Å². The zero-order chi connectivity index (χ0) is 17.7.